The molecule has 1 aromatic rings. The quantitative estimate of drug-likeness (QED) is 0.745. The van der Waals surface area contributed by atoms with E-state index in [1.165, 1.54) is 25.7 Å². The monoisotopic (exact) mass is 424 g/mol. The molecule has 0 aliphatic heterocycles. The third-order valence-corrected chi connectivity index (χ3v) is 7.13. The van der Waals surface area contributed by atoms with Crippen LogP contribution in [0.3, 0.4) is 0 Å². The predicted octanol–water partition coefficient (Wildman–Crippen LogP) is 4.11. The Labute approximate surface area is 175 Å². The van der Waals surface area contributed by atoms with Gasteiger partial charge in [-0.3, -0.25) is 4.79 Å². The van der Waals surface area contributed by atoms with E-state index in [0.717, 1.165) is 19.3 Å². The first kappa shape index (κ1) is 23.7. The summed E-state index contributed by atoms with van der Waals surface area (Å²) in [5, 5.41) is 3.16. The maximum atomic E-state index is 13.0. The number of amides is 1. The van der Waals surface area contributed by atoms with Crippen molar-refractivity contribution in [1.29, 1.82) is 0 Å². The van der Waals surface area contributed by atoms with E-state index in [0.29, 0.717) is 11.5 Å². The van der Waals surface area contributed by atoms with Crippen LogP contribution < -0.4 is 14.8 Å². The summed E-state index contributed by atoms with van der Waals surface area (Å²) in [5.41, 5.74) is -0.230. The number of sulfonamides is 1. The highest BCUT2D eigenvalue weighted by Gasteiger charge is 2.35. The van der Waals surface area contributed by atoms with Gasteiger partial charge < -0.3 is 10.1 Å². The van der Waals surface area contributed by atoms with Crippen LogP contribution in [0.1, 0.15) is 77.6 Å². The number of benzene rings is 1. The second kappa shape index (κ2) is 8.64. The number of hydrogen-bond donors (Lipinski definition) is 2. The lowest BCUT2D eigenvalue weighted by Crippen LogP contribution is -2.46. The van der Waals surface area contributed by atoms with Crippen molar-refractivity contribution in [2.75, 3.05) is 7.11 Å². The second-order valence-corrected chi connectivity index (χ2v) is 11.7. The molecular weight excluding hydrogens is 388 g/mol. The maximum absolute atomic E-state index is 13.0. The van der Waals surface area contributed by atoms with Crippen LogP contribution in [-0.4, -0.2) is 33.0 Å². The molecule has 1 aliphatic rings. The van der Waals surface area contributed by atoms with E-state index < -0.39 is 15.6 Å². The molecule has 1 aromatic carbocycles. The van der Waals surface area contributed by atoms with E-state index in [1.807, 2.05) is 0 Å². The zero-order chi connectivity index (χ0) is 22.0. The minimum absolute atomic E-state index is 0.0291. The van der Waals surface area contributed by atoms with Gasteiger partial charge in [-0.1, -0.05) is 33.6 Å². The van der Waals surface area contributed by atoms with Crippen molar-refractivity contribution in [1.82, 2.24) is 10.0 Å². The van der Waals surface area contributed by atoms with Crippen LogP contribution >= 0.6 is 0 Å². The number of ether oxygens (including phenoxy) is 1. The maximum Gasteiger partial charge on any atom is 0.251 e. The number of carbonyl (C=O) groups excluding carboxylic acids is 1. The highest BCUT2D eigenvalue weighted by molar-refractivity contribution is 7.89. The van der Waals surface area contributed by atoms with Gasteiger partial charge in [0.05, 0.1) is 7.11 Å². The summed E-state index contributed by atoms with van der Waals surface area (Å²) < 4.78 is 33.6. The highest BCUT2D eigenvalue weighted by Crippen LogP contribution is 2.38. The third-order valence-electron chi connectivity index (χ3n) is 5.35. The van der Waals surface area contributed by atoms with Crippen molar-refractivity contribution >= 4 is 15.9 Å². The summed E-state index contributed by atoms with van der Waals surface area (Å²) in [6.07, 6.45) is 4.31. The van der Waals surface area contributed by atoms with Crippen LogP contribution in [-0.2, 0) is 10.0 Å². The van der Waals surface area contributed by atoms with Crippen molar-refractivity contribution in [3.63, 3.8) is 0 Å². The molecule has 6 nitrogen and oxygen atoms in total. The lowest BCUT2D eigenvalue weighted by atomic mass is 9.69. The Morgan fingerprint density at radius 3 is 2.24 bits per heavy atom. The molecule has 1 amide bonds. The first-order valence-electron chi connectivity index (χ1n) is 10.3. The van der Waals surface area contributed by atoms with Gasteiger partial charge in [0.1, 0.15) is 10.6 Å². The summed E-state index contributed by atoms with van der Waals surface area (Å²) in [6, 6.07) is 4.64. The van der Waals surface area contributed by atoms with Gasteiger partial charge in [-0.05, 0) is 63.1 Å². The Kier molecular flexibility index (Phi) is 7.05. The van der Waals surface area contributed by atoms with Crippen LogP contribution in [0.4, 0.5) is 0 Å². The number of nitrogens with one attached hydrogen (secondary N) is 2. The van der Waals surface area contributed by atoms with Gasteiger partial charge in [-0.25, -0.2) is 13.1 Å². The number of carbonyl (C=O) groups is 1. The fraction of sp³-hybridized carbons (Fsp3) is 0.682. The molecule has 1 aliphatic carbocycles. The zero-order valence-electron chi connectivity index (χ0n) is 18.8. The molecule has 0 radical (unpaired) electrons. The van der Waals surface area contributed by atoms with Gasteiger partial charge in [-0.15, -0.1) is 0 Å². The number of hydrogen-bond acceptors (Lipinski definition) is 4. The van der Waals surface area contributed by atoms with Crippen molar-refractivity contribution in [2.45, 2.75) is 83.7 Å². The molecule has 29 heavy (non-hydrogen) atoms. The van der Waals surface area contributed by atoms with Crippen LogP contribution in [0.25, 0.3) is 0 Å². The molecule has 2 rings (SSSR count). The Hall–Kier alpha value is -1.60. The van der Waals surface area contributed by atoms with E-state index in [4.69, 9.17) is 4.74 Å². The first-order valence-corrected chi connectivity index (χ1v) is 11.8. The highest BCUT2D eigenvalue weighted by atomic mass is 32.2. The Bertz CT molecular complexity index is 835. The van der Waals surface area contributed by atoms with Crippen molar-refractivity contribution < 1.29 is 17.9 Å². The van der Waals surface area contributed by atoms with Gasteiger partial charge in [0.15, 0.2) is 0 Å². The van der Waals surface area contributed by atoms with Crippen LogP contribution in [0.2, 0.25) is 0 Å². The van der Waals surface area contributed by atoms with E-state index in [9.17, 15) is 13.2 Å². The zero-order valence-corrected chi connectivity index (χ0v) is 19.6. The largest absolute Gasteiger partial charge is 0.495 e. The minimum Gasteiger partial charge on any atom is -0.495 e. The van der Waals surface area contributed by atoms with Crippen molar-refractivity contribution in [2.24, 2.45) is 11.3 Å². The Balaban J connectivity index is 2.32. The molecule has 2 N–H and O–H groups in total. The van der Waals surface area contributed by atoms with Gasteiger partial charge in [0.2, 0.25) is 10.0 Å². The Morgan fingerprint density at radius 1 is 1.07 bits per heavy atom. The van der Waals surface area contributed by atoms with Crippen LogP contribution in [0.15, 0.2) is 23.1 Å². The average molecular weight is 425 g/mol. The minimum atomic E-state index is -3.84. The fourth-order valence-electron chi connectivity index (χ4n) is 4.08. The van der Waals surface area contributed by atoms with Gasteiger partial charge in [-0.2, -0.15) is 0 Å². The van der Waals surface area contributed by atoms with E-state index >= 15 is 0 Å². The Morgan fingerprint density at radius 2 is 1.69 bits per heavy atom. The normalized spacial score (nSPS) is 20.9. The second-order valence-electron chi connectivity index (χ2n) is 10.1. The first-order chi connectivity index (χ1) is 13.2. The molecule has 0 saturated heterocycles. The van der Waals surface area contributed by atoms with E-state index in [2.05, 4.69) is 30.8 Å². The molecule has 7 heteroatoms. The summed E-state index contributed by atoms with van der Waals surface area (Å²) in [5.74, 6) is 0.355. The SMILES string of the molecule is COc1ccc(C(=O)NC2CCCCC2C(C)(C)C)cc1S(=O)(=O)NC(C)(C)C. The summed E-state index contributed by atoms with van der Waals surface area (Å²) >= 11 is 0. The fourth-order valence-corrected chi connectivity index (χ4v) is 5.69. The number of methoxy groups -OCH3 is 1. The molecule has 1 fully saturated rings. The lowest BCUT2D eigenvalue weighted by molar-refractivity contribution is 0.0830. The molecule has 2 unspecified atom stereocenters. The average Bonchev–Trinajstić information content (AvgIpc) is 2.58. The standard InChI is InChI=1S/C22H36N2O4S/c1-21(2,3)16-10-8-9-11-17(16)23-20(25)15-12-13-18(28-7)19(14-15)29(26,27)24-22(4,5)6/h12-14,16-17,24H,8-11H2,1-7H3,(H,23,25). The summed E-state index contributed by atoms with van der Waals surface area (Å²) in [6.45, 7) is 11.9. The molecule has 0 heterocycles. The van der Waals surface area contributed by atoms with Crippen LogP contribution in [0, 0.1) is 11.3 Å². The summed E-state index contributed by atoms with van der Waals surface area (Å²) in [7, 11) is -2.42. The van der Waals surface area contributed by atoms with Gasteiger partial charge in [0, 0.05) is 17.1 Å². The van der Waals surface area contributed by atoms with E-state index in [1.54, 1.807) is 26.8 Å². The van der Waals surface area contributed by atoms with Gasteiger partial charge >= 0.3 is 0 Å². The molecule has 0 spiro atoms. The molecule has 0 bridgehead atoms. The van der Waals surface area contributed by atoms with Crippen molar-refractivity contribution in [3.05, 3.63) is 23.8 Å². The van der Waals surface area contributed by atoms with Crippen molar-refractivity contribution in [3.8, 4) is 5.75 Å². The molecular formula is C22H36N2O4S. The number of rotatable bonds is 5. The molecule has 0 aromatic heterocycles. The molecule has 1 saturated carbocycles. The third kappa shape index (κ3) is 6.19. The lowest BCUT2D eigenvalue weighted by Gasteiger charge is -2.40. The topological polar surface area (TPSA) is 84.5 Å². The van der Waals surface area contributed by atoms with Crippen LogP contribution in [0.5, 0.6) is 5.75 Å². The molecule has 2 atom stereocenters. The van der Waals surface area contributed by atoms with E-state index in [-0.39, 0.29) is 28.0 Å². The molecule has 164 valence electrons. The summed E-state index contributed by atoms with van der Waals surface area (Å²) in [4.78, 5) is 13.0. The smallest absolute Gasteiger partial charge is 0.251 e. The van der Waals surface area contributed by atoms with Gasteiger partial charge in [0.25, 0.3) is 5.91 Å². The predicted molar refractivity (Wildman–Crippen MR) is 116 cm³/mol.